The fourth-order valence-electron chi connectivity index (χ4n) is 2.88. The summed E-state index contributed by atoms with van der Waals surface area (Å²) >= 11 is 20.7. The third-order valence-corrected chi connectivity index (χ3v) is 6.56. The topological polar surface area (TPSA) is 49.4 Å². The van der Waals surface area contributed by atoms with Gasteiger partial charge in [-0.1, -0.05) is 53.0 Å². The van der Waals surface area contributed by atoms with E-state index >= 15 is 0 Å². The highest BCUT2D eigenvalue weighted by Gasteiger charge is 2.39. The van der Waals surface area contributed by atoms with Crippen molar-refractivity contribution in [1.29, 1.82) is 0 Å². The average Bonchev–Trinajstić information content (AvgIpc) is 2.74. The lowest BCUT2D eigenvalue weighted by atomic mass is 9.97. The van der Waals surface area contributed by atoms with Crippen molar-refractivity contribution in [3.05, 3.63) is 72.6 Å². The predicted octanol–water partition coefficient (Wildman–Crippen LogP) is 8.21. The van der Waals surface area contributed by atoms with Crippen LogP contribution in [-0.4, -0.2) is 36.2 Å². The molecule has 0 saturated carbocycles. The second kappa shape index (κ2) is 12.1. The summed E-state index contributed by atoms with van der Waals surface area (Å²) in [4.78, 5) is 24.2. The molecule has 1 N–H and O–H groups in total. The van der Waals surface area contributed by atoms with E-state index in [0.29, 0.717) is 5.01 Å². The molecule has 0 saturated heterocycles. The van der Waals surface area contributed by atoms with Crippen LogP contribution in [0.15, 0.2) is 40.9 Å². The number of hydrazine groups is 1. The van der Waals surface area contributed by atoms with E-state index in [1.165, 1.54) is 24.3 Å². The predicted molar refractivity (Wildman–Crippen MR) is 129 cm³/mol. The minimum Gasteiger partial charge on any atom is -0.273 e. The highest BCUT2D eigenvalue weighted by Crippen LogP contribution is 2.41. The van der Waals surface area contributed by atoms with E-state index < -0.39 is 42.9 Å². The van der Waals surface area contributed by atoms with Gasteiger partial charge in [0.15, 0.2) is 0 Å². The van der Waals surface area contributed by atoms with Gasteiger partial charge in [0.2, 0.25) is 5.91 Å². The van der Waals surface area contributed by atoms with Gasteiger partial charge in [-0.2, -0.15) is 26.3 Å². The summed E-state index contributed by atoms with van der Waals surface area (Å²) in [5.74, 6) is -3.85. The van der Waals surface area contributed by atoms with Gasteiger partial charge in [-0.3, -0.25) is 20.0 Å². The number of rotatable bonds is 6. The Labute approximate surface area is 225 Å². The zero-order chi connectivity index (χ0) is 27.4. The molecule has 0 aliphatic carbocycles. The first-order valence-corrected chi connectivity index (χ1v) is 11.8. The Kier molecular flexibility index (Phi) is 10.1. The van der Waals surface area contributed by atoms with Gasteiger partial charge in [-0.05, 0) is 51.3 Å². The largest absolute Gasteiger partial charge is 0.399 e. The summed E-state index contributed by atoms with van der Waals surface area (Å²) in [5.41, 5.74) is 2.19. The molecule has 2 amide bonds. The molecule has 196 valence electrons. The van der Waals surface area contributed by atoms with Crippen molar-refractivity contribution in [2.24, 2.45) is 0 Å². The number of hydrogen-bond donors (Lipinski definition) is 1. The normalized spacial score (nSPS) is 13.1. The summed E-state index contributed by atoms with van der Waals surface area (Å²) in [6, 6.07) is 6.09. The smallest absolute Gasteiger partial charge is 0.273 e. The SMILES string of the molecule is CN(NC(=O)c1ccc(/C=C/C(c2cc(Cl)c(Cl)c(Cl)c2)C(F)(F)F)cc1Br)C(=O)CCC(F)(F)F. The third-order valence-electron chi connectivity index (χ3n) is 4.70. The summed E-state index contributed by atoms with van der Waals surface area (Å²) in [5, 5.41) is 0.283. The number of carbonyl (C=O) groups is 2. The minimum atomic E-state index is -4.68. The molecular weight excluding hydrogens is 625 g/mol. The van der Waals surface area contributed by atoms with Crippen LogP contribution in [0.3, 0.4) is 0 Å². The molecule has 36 heavy (non-hydrogen) atoms. The molecule has 2 rings (SSSR count). The molecule has 1 atom stereocenters. The zero-order valence-corrected chi connectivity index (χ0v) is 21.9. The van der Waals surface area contributed by atoms with Gasteiger partial charge in [0.25, 0.3) is 5.91 Å². The number of halogens is 10. The van der Waals surface area contributed by atoms with Crippen LogP contribution >= 0.6 is 50.7 Å². The molecule has 0 fully saturated rings. The number of alkyl halides is 6. The Balaban J connectivity index is 2.19. The number of hydrogen-bond acceptors (Lipinski definition) is 2. The first-order chi connectivity index (χ1) is 16.5. The Bertz CT molecular complexity index is 1150. The Morgan fingerprint density at radius 2 is 1.64 bits per heavy atom. The van der Waals surface area contributed by atoms with Crippen molar-refractivity contribution in [2.75, 3.05) is 7.05 Å². The minimum absolute atomic E-state index is 0.00809. The van der Waals surface area contributed by atoms with Crippen LogP contribution in [0.25, 0.3) is 6.08 Å². The summed E-state index contributed by atoms with van der Waals surface area (Å²) in [6.07, 6.45) is -9.35. The molecule has 0 aromatic heterocycles. The molecule has 0 spiro atoms. The van der Waals surface area contributed by atoms with Crippen LogP contribution in [-0.2, 0) is 4.79 Å². The van der Waals surface area contributed by atoms with Crippen LogP contribution in [0, 0.1) is 0 Å². The molecule has 0 aliphatic heterocycles. The molecule has 0 bridgehead atoms. The van der Waals surface area contributed by atoms with E-state index in [4.69, 9.17) is 34.8 Å². The van der Waals surface area contributed by atoms with Crippen LogP contribution < -0.4 is 5.43 Å². The third kappa shape index (κ3) is 8.57. The fourth-order valence-corrected chi connectivity index (χ4v) is 4.07. The average molecular weight is 641 g/mol. The molecule has 1 unspecified atom stereocenters. The van der Waals surface area contributed by atoms with Crippen LogP contribution in [0.1, 0.15) is 40.2 Å². The maximum Gasteiger partial charge on any atom is 0.399 e. The summed E-state index contributed by atoms with van der Waals surface area (Å²) < 4.78 is 78.1. The molecule has 0 heterocycles. The lowest BCUT2D eigenvalue weighted by Gasteiger charge is -2.19. The maximum atomic E-state index is 13.7. The zero-order valence-electron chi connectivity index (χ0n) is 18.1. The highest BCUT2D eigenvalue weighted by molar-refractivity contribution is 9.10. The Morgan fingerprint density at radius 3 is 2.14 bits per heavy atom. The van der Waals surface area contributed by atoms with Gasteiger partial charge in [0.05, 0.1) is 33.0 Å². The first-order valence-electron chi connectivity index (χ1n) is 9.83. The van der Waals surface area contributed by atoms with E-state index in [0.717, 1.165) is 25.3 Å². The standard InChI is InChI=1S/C22H16BrCl3F6N2O2/c1-34(18(35)6-7-21(27,28)29)33-20(36)13-4-2-11(8-15(13)23)3-5-14(22(30,31)32)12-9-16(24)19(26)17(25)10-12/h2-5,8-10,14H,6-7H2,1H3,(H,33,36)/b5-3+. The lowest BCUT2D eigenvalue weighted by molar-refractivity contribution is -0.149. The molecular formula is C22H16BrCl3F6N2O2. The van der Waals surface area contributed by atoms with Crippen molar-refractivity contribution in [2.45, 2.75) is 31.1 Å². The van der Waals surface area contributed by atoms with E-state index in [-0.39, 0.29) is 36.2 Å². The number of nitrogens with zero attached hydrogens (tertiary/aromatic N) is 1. The van der Waals surface area contributed by atoms with E-state index in [9.17, 15) is 35.9 Å². The van der Waals surface area contributed by atoms with Crippen molar-refractivity contribution < 1.29 is 35.9 Å². The van der Waals surface area contributed by atoms with Crippen LogP contribution in [0.2, 0.25) is 15.1 Å². The fraction of sp³-hybridized carbons (Fsp3) is 0.273. The van der Waals surface area contributed by atoms with Crippen molar-refractivity contribution >= 4 is 68.6 Å². The quantitative estimate of drug-likeness (QED) is 0.197. The number of allylic oxidation sites excluding steroid dienone is 1. The molecule has 14 heteroatoms. The number of carbonyl (C=O) groups excluding carboxylic acids is 2. The van der Waals surface area contributed by atoms with Gasteiger partial charge in [-0.25, -0.2) is 0 Å². The van der Waals surface area contributed by atoms with Gasteiger partial charge >= 0.3 is 12.4 Å². The van der Waals surface area contributed by atoms with Gasteiger partial charge < -0.3 is 0 Å². The second-order valence-corrected chi connectivity index (χ2v) is 9.47. The molecule has 2 aromatic rings. The second-order valence-electron chi connectivity index (χ2n) is 7.43. The number of amides is 2. The van der Waals surface area contributed by atoms with Gasteiger partial charge in [-0.15, -0.1) is 0 Å². The monoisotopic (exact) mass is 638 g/mol. The van der Waals surface area contributed by atoms with E-state index in [1.54, 1.807) is 0 Å². The van der Waals surface area contributed by atoms with Crippen molar-refractivity contribution in [3.8, 4) is 0 Å². The van der Waals surface area contributed by atoms with E-state index in [1.807, 2.05) is 0 Å². The summed E-state index contributed by atoms with van der Waals surface area (Å²) in [6.45, 7) is 0. The van der Waals surface area contributed by atoms with Crippen LogP contribution in [0.4, 0.5) is 26.3 Å². The van der Waals surface area contributed by atoms with Crippen molar-refractivity contribution in [3.63, 3.8) is 0 Å². The molecule has 0 aliphatic rings. The lowest BCUT2D eigenvalue weighted by Crippen LogP contribution is -2.43. The maximum absolute atomic E-state index is 13.7. The highest BCUT2D eigenvalue weighted by atomic mass is 79.9. The van der Waals surface area contributed by atoms with Crippen LogP contribution in [0.5, 0.6) is 0 Å². The molecule has 2 aromatic carbocycles. The first kappa shape index (κ1) is 30.3. The Morgan fingerprint density at radius 1 is 1.06 bits per heavy atom. The summed E-state index contributed by atoms with van der Waals surface area (Å²) in [7, 11) is 1.09. The van der Waals surface area contributed by atoms with Crippen molar-refractivity contribution in [1.82, 2.24) is 10.4 Å². The molecule has 0 radical (unpaired) electrons. The number of nitrogens with one attached hydrogen (secondary N) is 1. The van der Waals surface area contributed by atoms with Gasteiger partial charge in [0.1, 0.15) is 0 Å². The van der Waals surface area contributed by atoms with Gasteiger partial charge in [0, 0.05) is 17.9 Å². The Hall–Kier alpha value is -1.95. The molecule has 4 nitrogen and oxygen atoms in total. The van der Waals surface area contributed by atoms with E-state index in [2.05, 4.69) is 21.4 Å². The number of benzene rings is 2.